The lowest BCUT2D eigenvalue weighted by Gasteiger charge is -2.09. The molecule has 0 radical (unpaired) electrons. The molecule has 2 rings (SSSR count). The number of nitrogens with one attached hydrogen (secondary N) is 1. The second kappa shape index (κ2) is 5.86. The number of halogens is 3. The van der Waals surface area contributed by atoms with Crippen molar-refractivity contribution in [2.24, 2.45) is 0 Å². The van der Waals surface area contributed by atoms with Crippen LogP contribution in [0.5, 0.6) is 5.75 Å². The predicted octanol–water partition coefficient (Wildman–Crippen LogP) is 2.98. The zero-order valence-corrected chi connectivity index (χ0v) is 10.9. The molecular weight excluding hydrogens is 289 g/mol. The molecule has 1 aromatic carbocycles. The molecule has 8 heteroatoms. The van der Waals surface area contributed by atoms with Crippen LogP contribution in [0.2, 0.25) is 0 Å². The highest BCUT2D eigenvalue weighted by molar-refractivity contribution is 5.94. The number of hydroxylamine groups is 1. The van der Waals surface area contributed by atoms with Crippen molar-refractivity contribution in [3.8, 4) is 5.75 Å². The van der Waals surface area contributed by atoms with Gasteiger partial charge in [-0.2, -0.15) is 18.7 Å². The van der Waals surface area contributed by atoms with Crippen molar-refractivity contribution < 1.29 is 27.3 Å². The number of aromatic nitrogens is 1. The van der Waals surface area contributed by atoms with E-state index in [1.54, 1.807) is 6.92 Å². The highest BCUT2D eigenvalue weighted by atomic mass is 19.4. The van der Waals surface area contributed by atoms with Crippen LogP contribution in [0, 0.1) is 0 Å². The Morgan fingerprint density at radius 3 is 2.57 bits per heavy atom. The number of carbonyl (C=O) groups is 1. The number of amides is 1. The van der Waals surface area contributed by atoms with Crippen LogP contribution in [0.25, 0.3) is 0 Å². The first-order valence-corrected chi connectivity index (χ1v) is 5.99. The maximum Gasteiger partial charge on any atom is 0.416 e. The van der Waals surface area contributed by atoms with Gasteiger partial charge in [-0.25, -0.2) is 0 Å². The number of aryl methyl sites for hydroxylation is 1. The van der Waals surface area contributed by atoms with E-state index in [-0.39, 0.29) is 11.3 Å². The molecule has 0 aliphatic heterocycles. The molecule has 0 fully saturated rings. The molecule has 0 saturated carbocycles. The summed E-state index contributed by atoms with van der Waals surface area (Å²) in [5.74, 6) is -0.123. The van der Waals surface area contributed by atoms with E-state index in [0.29, 0.717) is 12.2 Å². The number of hydrogen-bond donors (Lipinski definition) is 1. The largest absolute Gasteiger partial charge is 0.416 e. The molecule has 0 saturated heterocycles. The van der Waals surface area contributed by atoms with Crippen molar-refractivity contribution in [3.63, 3.8) is 0 Å². The monoisotopic (exact) mass is 300 g/mol. The van der Waals surface area contributed by atoms with E-state index in [4.69, 9.17) is 9.36 Å². The first-order chi connectivity index (χ1) is 9.91. The zero-order chi connectivity index (χ0) is 15.5. The minimum absolute atomic E-state index is 0.0749. The Kier molecular flexibility index (Phi) is 4.15. The topological polar surface area (TPSA) is 64.4 Å². The fourth-order valence-corrected chi connectivity index (χ4v) is 1.58. The highest BCUT2D eigenvalue weighted by Crippen LogP contribution is 2.30. The Balaban J connectivity index is 1.99. The first-order valence-electron chi connectivity index (χ1n) is 5.99. The summed E-state index contributed by atoms with van der Waals surface area (Å²) in [5.41, 5.74) is 1.53. The zero-order valence-electron chi connectivity index (χ0n) is 10.9. The van der Waals surface area contributed by atoms with E-state index in [2.05, 4.69) is 10.6 Å². The molecule has 21 heavy (non-hydrogen) atoms. The van der Waals surface area contributed by atoms with Gasteiger partial charge in [0.05, 0.1) is 11.8 Å². The predicted molar refractivity (Wildman–Crippen MR) is 65.4 cm³/mol. The summed E-state index contributed by atoms with van der Waals surface area (Å²) in [4.78, 5) is 16.7. The third-order valence-corrected chi connectivity index (χ3v) is 2.65. The number of hydrogen-bond acceptors (Lipinski definition) is 4. The van der Waals surface area contributed by atoms with Gasteiger partial charge in [-0.3, -0.25) is 4.79 Å². The van der Waals surface area contributed by atoms with Gasteiger partial charge in [0.25, 0.3) is 5.91 Å². The quantitative estimate of drug-likeness (QED) is 0.882. The molecule has 0 aliphatic carbocycles. The normalized spacial score (nSPS) is 11.2. The molecule has 0 spiro atoms. The molecule has 2 aromatic rings. The van der Waals surface area contributed by atoms with Crippen molar-refractivity contribution in [3.05, 3.63) is 47.3 Å². The van der Waals surface area contributed by atoms with E-state index < -0.39 is 17.6 Å². The summed E-state index contributed by atoms with van der Waals surface area (Å²) >= 11 is 0. The lowest BCUT2D eigenvalue weighted by molar-refractivity contribution is -0.137. The van der Waals surface area contributed by atoms with E-state index in [1.165, 1.54) is 6.20 Å². The standard InChI is InChI=1S/C13H11F3N2O3/c1-2-11-10(7-17-21-11)12(19)18-20-9-5-3-8(4-6-9)13(14,15)16/h3-7H,2H2,1H3,(H,18,19). The van der Waals surface area contributed by atoms with Crippen LogP contribution in [0.3, 0.4) is 0 Å². The highest BCUT2D eigenvalue weighted by Gasteiger charge is 2.30. The van der Waals surface area contributed by atoms with Crippen LogP contribution in [0.1, 0.15) is 28.6 Å². The minimum atomic E-state index is -4.42. The molecule has 1 heterocycles. The summed E-state index contributed by atoms with van der Waals surface area (Å²) in [7, 11) is 0. The fraction of sp³-hybridized carbons (Fsp3) is 0.231. The summed E-state index contributed by atoms with van der Waals surface area (Å²) in [6.45, 7) is 1.79. The number of carbonyl (C=O) groups excluding carboxylic acids is 1. The number of rotatable bonds is 4. The van der Waals surface area contributed by atoms with Gasteiger partial charge in [-0.1, -0.05) is 12.1 Å². The van der Waals surface area contributed by atoms with Crippen molar-refractivity contribution in [2.45, 2.75) is 19.5 Å². The van der Waals surface area contributed by atoms with Crippen LogP contribution in [0.4, 0.5) is 13.2 Å². The van der Waals surface area contributed by atoms with E-state index >= 15 is 0 Å². The molecule has 0 aliphatic rings. The van der Waals surface area contributed by atoms with Crippen molar-refractivity contribution in [1.29, 1.82) is 0 Å². The van der Waals surface area contributed by atoms with Gasteiger partial charge in [0.1, 0.15) is 11.3 Å². The van der Waals surface area contributed by atoms with Gasteiger partial charge < -0.3 is 9.36 Å². The van der Waals surface area contributed by atoms with E-state index in [1.807, 2.05) is 0 Å². The summed E-state index contributed by atoms with van der Waals surface area (Å²) < 4.78 is 42.0. The molecule has 0 unspecified atom stereocenters. The smallest absolute Gasteiger partial charge is 0.379 e. The number of benzene rings is 1. The lowest BCUT2D eigenvalue weighted by atomic mass is 10.2. The number of nitrogens with zero attached hydrogens (tertiary/aromatic N) is 1. The maximum absolute atomic E-state index is 12.4. The van der Waals surface area contributed by atoms with Crippen molar-refractivity contribution >= 4 is 5.91 Å². The Labute approximate surface area is 117 Å². The van der Waals surface area contributed by atoms with Crippen molar-refractivity contribution in [1.82, 2.24) is 10.6 Å². The Bertz CT molecular complexity index is 620. The van der Waals surface area contributed by atoms with Gasteiger partial charge in [0.15, 0.2) is 5.75 Å². The van der Waals surface area contributed by atoms with E-state index in [0.717, 1.165) is 24.3 Å². The van der Waals surface area contributed by atoms with Gasteiger partial charge in [-0.05, 0) is 24.3 Å². The average Bonchev–Trinajstić information content (AvgIpc) is 2.92. The van der Waals surface area contributed by atoms with E-state index in [9.17, 15) is 18.0 Å². The maximum atomic E-state index is 12.4. The lowest BCUT2D eigenvalue weighted by Crippen LogP contribution is -2.27. The summed E-state index contributed by atoms with van der Waals surface area (Å²) in [6, 6.07) is 3.94. The average molecular weight is 300 g/mol. The minimum Gasteiger partial charge on any atom is -0.379 e. The molecular formula is C13H11F3N2O3. The summed E-state index contributed by atoms with van der Waals surface area (Å²) in [6.07, 6.45) is -2.70. The SMILES string of the molecule is CCc1oncc1C(=O)NOc1ccc(C(F)(F)F)cc1. The molecule has 1 aromatic heterocycles. The van der Waals surface area contributed by atoms with Crippen LogP contribution < -0.4 is 10.3 Å². The molecule has 0 bridgehead atoms. The second-order valence-electron chi connectivity index (χ2n) is 4.07. The Morgan fingerprint density at radius 1 is 1.33 bits per heavy atom. The molecule has 1 N–H and O–H groups in total. The molecule has 5 nitrogen and oxygen atoms in total. The van der Waals surface area contributed by atoms with Gasteiger partial charge in [-0.15, -0.1) is 0 Å². The van der Waals surface area contributed by atoms with Crippen LogP contribution >= 0.6 is 0 Å². The van der Waals surface area contributed by atoms with Crippen LogP contribution in [0.15, 0.2) is 35.0 Å². The second-order valence-corrected chi connectivity index (χ2v) is 4.07. The molecule has 1 amide bonds. The molecule has 0 atom stereocenters. The first kappa shape index (κ1) is 14.9. The number of alkyl halides is 3. The molecule has 112 valence electrons. The Morgan fingerprint density at radius 2 is 2.00 bits per heavy atom. The van der Waals surface area contributed by atoms with Gasteiger partial charge in [0.2, 0.25) is 0 Å². The fourth-order valence-electron chi connectivity index (χ4n) is 1.58. The van der Waals surface area contributed by atoms with Crippen LogP contribution in [-0.2, 0) is 12.6 Å². The third-order valence-electron chi connectivity index (χ3n) is 2.65. The van der Waals surface area contributed by atoms with Gasteiger partial charge in [0, 0.05) is 6.42 Å². The van der Waals surface area contributed by atoms with Crippen LogP contribution in [-0.4, -0.2) is 11.1 Å². The third kappa shape index (κ3) is 3.53. The Hall–Kier alpha value is -2.51. The van der Waals surface area contributed by atoms with Crippen molar-refractivity contribution in [2.75, 3.05) is 0 Å². The summed E-state index contributed by atoms with van der Waals surface area (Å²) in [5, 5.41) is 3.49. The van der Waals surface area contributed by atoms with Gasteiger partial charge >= 0.3 is 6.18 Å².